The van der Waals surface area contributed by atoms with Crippen molar-refractivity contribution in [2.45, 2.75) is 0 Å². The molecule has 3 rings (SSSR count). The van der Waals surface area contributed by atoms with E-state index in [1.165, 1.54) is 0 Å². The van der Waals surface area contributed by atoms with Gasteiger partial charge < -0.3 is 9.47 Å². The Labute approximate surface area is 127 Å². The summed E-state index contributed by atoms with van der Waals surface area (Å²) in [5.41, 5.74) is 0.928. The van der Waals surface area contributed by atoms with E-state index in [1.807, 2.05) is 42.6 Å². The van der Waals surface area contributed by atoms with Crippen LogP contribution in [0.25, 0.3) is 5.69 Å². The molecule has 0 aliphatic carbocycles. The summed E-state index contributed by atoms with van der Waals surface area (Å²) in [6.07, 6.45) is 3.47. The molecule has 1 aromatic heterocycles. The molecule has 0 N–H and O–H groups in total. The second-order valence-corrected chi connectivity index (χ2v) is 4.81. The molecular formula is C16H13ClN2O2. The Morgan fingerprint density at radius 3 is 2.52 bits per heavy atom. The summed E-state index contributed by atoms with van der Waals surface area (Å²) in [7, 11) is 1.64. The summed E-state index contributed by atoms with van der Waals surface area (Å²) in [6, 6.07) is 14.9. The van der Waals surface area contributed by atoms with Crippen molar-refractivity contribution in [2.24, 2.45) is 0 Å². The maximum atomic E-state index is 5.93. The lowest BCUT2D eigenvalue weighted by molar-refractivity contribution is 0.414. The molecule has 0 aliphatic heterocycles. The molecule has 0 saturated carbocycles. The Kier molecular flexibility index (Phi) is 3.79. The van der Waals surface area contributed by atoms with Crippen LogP contribution in [0.2, 0.25) is 5.02 Å². The van der Waals surface area contributed by atoms with E-state index < -0.39 is 0 Å². The van der Waals surface area contributed by atoms with Crippen LogP contribution in [0.15, 0.2) is 60.9 Å². The topological polar surface area (TPSA) is 36.3 Å². The van der Waals surface area contributed by atoms with Gasteiger partial charge in [-0.1, -0.05) is 17.7 Å². The van der Waals surface area contributed by atoms with Crippen molar-refractivity contribution in [3.8, 4) is 22.9 Å². The fraction of sp³-hybridized carbons (Fsp3) is 0.0625. The Morgan fingerprint density at radius 1 is 1.00 bits per heavy atom. The van der Waals surface area contributed by atoms with E-state index in [-0.39, 0.29) is 0 Å². The summed E-state index contributed by atoms with van der Waals surface area (Å²) in [5.74, 6) is 2.13. The Hall–Kier alpha value is -2.46. The molecule has 0 saturated heterocycles. The number of halogens is 1. The average Bonchev–Trinajstić information content (AvgIpc) is 2.96. The number of hydrogen-bond acceptors (Lipinski definition) is 3. The van der Waals surface area contributed by atoms with Gasteiger partial charge in [-0.3, -0.25) is 0 Å². The van der Waals surface area contributed by atoms with Crippen molar-refractivity contribution in [2.75, 3.05) is 7.11 Å². The van der Waals surface area contributed by atoms with Crippen molar-refractivity contribution in [3.05, 3.63) is 65.9 Å². The number of ether oxygens (including phenoxy) is 2. The highest BCUT2D eigenvalue weighted by Gasteiger charge is 2.04. The standard InChI is InChI=1S/C16H13ClN2O2/c1-20-14-7-5-13(6-8-14)19-11-16(10-18-19)21-15-4-2-3-12(17)9-15/h2-11H,1H3. The predicted octanol–water partition coefficient (Wildman–Crippen LogP) is 4.33. The van der Waals surface area contributed by atoms with E-state index in [0.717, 1.165) is 11.4 Å². The zero-order valence-corrected chi connectivity index (χ0v) is 12.1. The Morgan fingerprint density at radius 2 is 1.81 bits per heavy atom. The largest absolute Gasteiger partial charge is 0.497 e. The van der Waals surface area contributed by atoms with Crippen LogP contribution in [0.5, 0.6) is 17.2 Å². The quantitative estimate of drug-likeness (QED) is 0.719. The van der Waals surface area contributed by atoms with Gasteiger partial charge in [0.15, 0.2) is 5.75 Å². The van der Waals surface area contributed by atoms with E-state index in [1.54, 1.807) is 30.1 Å². The third-order valence-corrected chi connectivity index (χ3v) is 3.16. The van der Waals surface area contributed by atoms with Gasteiger partial charge in [-0.2, -0.15) is 5.10 Å². The Balaban J connectivity index is 1.79. The summed E-state index contributed by atoms with van der Waals surface area (Å²) in [4.78, 5) is 0. The van der Waals surface area contributed by atoms with Crippen molar-refractivity contribution >= 4 is 11.6 Å². The van der Waals surface area contributed by atoms with E-state index in [9.17, 15) is 0 Å². The van der Waals surface area contributed by atoms with Crippen molar-refractivity contribution in [3.63, 3.8) is 0 Å². The minimum absolute atomic E-state index is 0.634. The molecule has 4 nitrogen and oxygen atoms in total. The smallest absolute Gasteiger partial charge is 0.165 e. The SMILES string of the molecule is COc1ccc(-n2cc(Oc3cccc(Cl)c3)cn2)cc1. The highest BCUT2D eigenvalue weighted by atomic mass is 35.5. The monoisotopic (exact) mass is 300 g/mol. The van der Waals surface area contributed by atoms with Gasteiger partial charge in [0, 0.05) is 5.02 Å². The van der Waals surface area contributed by atoms with Crippen LogP contribution in [0.1, 0.15) is 0 Å². The van der Waals surface area contributed by atoms with Gasteiger partial charge in [0.1, 0.15) is 11.5 Å². The van der Waals surface area contributed by atoms with Gasteiger partial charge in [0.2, 0.25) is 0 Å². The highest BCUT2D eigenvalue weighted by molar-refractivity contribution is 6.30. The van der Waals surface area contributed by atoms with Gasteiger partial charge in [-0.25, -0.2) is 4.68 Å². The number of nitrogens with zero attached hydrogens (tertiary/aromatic N) is 2. The van der Waals surface area contributed by atoms with Gasteiger partial charge in [0.25, 0.3) is 0 Å². The first kappa shape index (κ1) is 13.5. The molecule has 106 valence electrons. The molecule has 0 bridgehead atoms. The van der Waals surface area contributed by atoms with E-state index in [4.69, 9.17) is 21.1 Å². The maximum absolute atomic E-state index is 5.93. The van der Waals surface area contributed by atoms with Crippen LogP contribution < -0.4 is 9.47 Å². The third kappa shape index (κ3) is 3.17. The first-order valence-electron chi connectivity index (χ1n) is 6.37. The lowest BCUT2D eigenvalue weighted by atomic mass is 10.3. The van der Waals surface area contributed by atoms with Crippen LogP contribution in [-0.2, 0) is 0 Å². The third-order valence-electron chi connectivity index (χ3n) is 2.93. The van der Waals surface area contributed by atoms with Crippen LogP contribution >= 0.6 is 11.6 Å². The van der Waals surface area contributed by atoms with Crippen molar-refractivity contribution < 1.29 is 9.47 Å². The number of rotatable bonds is 4. The van der Waals surface area contributed by atoms with Crippen LogP contribution in [-0.4, -0.2) is 16.9 Å². The molecule has 3 aromatic rings. The Bertz CT molecular complexity index is 738. The average molecular weight is 301 g/mol. The molecule has 21 heavy (non-hydrogen) atoms. The zero-order chi connectivity index (χ0) is 14.7. The van der Waals surface area contributed by atoms with E-state index >= 15 is 0 Å². The van der Waals surface area contributed by atoms with Gasteiger partial charge >= 0.3 is 0 Å². The molecule has 0 unspecified atom stereocenters. The minimum Gasteiger partial charge on any atom is -0.497 e. The van der Waals surface area contributed by atoms with Crippen molar-refractivity contribution in [1.29, 1.82) is 0 Å². The second kappa shape index (κ2) is 5.89. The summed E-state index contributed by atoms with van der Waals surface area (Å²) in [5, 5.41) is 4.91. The lowest BCUT2D eigenvalue weighted by Crippen LogP contribution is -1.93. The highest BCUT2D eigenvalue weighted by Crippen LogP contribution is 2.24. The van der Waals surface area contributed by atoms with Gasteiger partial charge in [0.05, 0.1) is 25.2 Å². The molecule has 0 radical (unpaired) electrons. The van der Waals surface area contributed by atoms with E-state index in [2.05, 4.69) is 5.10 Å². The number of hydrogen-bond donors (Lipinski definition) is 0. The predicted molar refractivity (Wildman–Crippen MR) is 81.6 cm³/mol. The van der Waals surface area contributed by atoms with E-state index in [0.29, 0.717) is 16.5 Å². The fourth-order valence-electron chi connectivity index (χ4n) is 1.90. The number of aromatic nitrogens is 2. The van der Waals surface area contributed by atoms with Gasteiger partial charge in [-0.15, -0.1) is 0 Å². The summed E-state index contributed by atoms with van der Waals surface area (Å²) in [6.45, 7) is 0. The van der Waals surface area contributed by atoms with Crippen LogP contribution in [0.3, 0.4) is 0 Å². The first-order chi connectivity index (χ1) is 10.2. The van der Waals surface area contributed by atoms with Gasteiger partial charge in [-0.05, 0) is 42.5 Å². The molecule has 5 heteroatoms. The second-order valence-electron chi connectivity index (χ2n) is 4.38. The zero-order valence-electron chi connectivity index (χ0n) is 11.4. The first-order valence-corrected chi connectivity index (χ1v) is 6.75. The minimum atomic E-state index is 0.634. The fourth-order valence-corrected chi connectivity index (χ4v) is 2.08. The molecule has 0 aliphatic rings. The number of methoxy groups -OCH3 is 1. The van der Waals surface area contributed by atoms with Crippen LogP contribution in [0, 0.1) is 0 Å². The number of benzene rings is 2. The summed E-state index contributed by atoms with van der Waals surface area (Å²) >= 11 is 5.93. The lowest BCUT2D eigenvalue weighted by Gasteiger charge is -2.04. The maximum Gasteiger partial charge on any atom is 0.165 e. The molecule has 1 heterocycles. The van der Waals surface area contributed by atoms with Crippen LogP contribution in [0.4, 0.5) is 0 Å². The molecule has 0 spiro atoms. The summed E-state index contributed by atoms with van der Waals surface area (Å²) < 4.78 is 12.6. The molecule has 0 fully saturated rings. The molecule has 0 atom stereocenters. The van der Waals surface area contributed by atoms with Crippen molar-refractivity contribution in [1.82, 2.24) is 9.78 Å². The molecule has 2 aromatic carbocycles. The normalized spacial score (nSPS) is 10.4. The molecule has 0 amide bonds. The molecular weight excluding hydrogens is 288 g/mol.